The highest BCUT2D eigenvalue weighted by Gasteiger charge is 2.25. The van der Waals surface area contributed by atoms with Crippen LogP contribution in [0.25, 0.3) is 0 Å². The van der Waals surface area contributed by atoms with Crippen LogP contribution in [0, 0.1) is 11.8 Å². The van der Waals surface area contributed by atoms with Gasteiger partial charge in [0.05, 0.1) is 0 Å². The molecule has 1 fully saturated rings. The maximum atomic E-state index is 5.87. The quantitative estimate of drug-likeness (QED) is 0.758. The lowest BCUT2D eigenvalue weighted by atomic mass is 9.79. The van der Waals surface area contributed by atoms with E-state index in [0.29, 0.717) is 6.04 Å². The smallest absolute Gasteiger partial charge is 0.00385 e. The van der Waals surface area contributed by atoms with Crippen molar-refractivity contribution in [2.24, 2.45) is 17.6 Å². The van der Waals surface area contributed by atoms with Crippen LogP contribution in [0.3, 0.4) is 0 Å². The fourth-order valence-electron chi connectivity index (χ4n) is 2.84. The molecule has 0 amide bonds. The lowest BCUT2D eigenvalue weighted by Crippen LogP contribution is -2.40. The van der Waals surface area contributed by atoms with E-state index in [4.69, 9.17) is 5.73 Å². The van der Waals surface area contributed by atoms with Crippen LogP contribution in [0.2, 0.25) is 0 Å². The van der Waals surface area contributed by atoms with Crippen molar-refractivity contribution < 1.29 is 0 Å². The van der Waals surface area contributed by atoms with Crippen molar-refractivity contribution in [3.05, 3.63) is 0 Å². The van der Waals surface area contributed by atoms with Crippen LogP contribution in [0.4, 0.5) is 0 Å². The second kappa shape index (κ2) is 6.49. The molecule has 0 aliphatic heterocycles. The molecule has 15 heavy (non-hydrogen) atoms. The van der Waals surface area contributed by atoms with Gasteiger partial charge in [0.15, 0.2) is 0 Å². The summed E-state index contributed by atoms with van der Waals surface area (Å²) in [5, 5.41) is 0. The van der Waals surface area contributed by atoms with E-state index in [2.05, 4.69) is 25.7 Å². The Morgan fingerprint density at radius 3 is 2.27 bits per heavy atom. The molecular formula is C13H28N2. The third-order valence-corrected chi connectivity index (χ3v) is 3.97. The topological polar surface area (TPSA) is 29.3 Å². The fourth-order valence-corrected chi connectivity index (χ4v) is 2.84. The first-order chi connectivity index (χ1) is 7.19. The van der Waals surface area contributed by atoms with Gasteiger partial charge in [-0.05, 0) is 51.6 Å². The zero-order valence-electron chi connectivity index (χ0n) is 10.7. The molecule has 1 aliphatic rings. The SMILES string of the molecule is CCN(CC1CCCCC1CN)C(C)C. The van der Waals surface area contributed by atoms with Gasteiger partial charge >= 0.3 is 0 Å². The third kappa shape index (κ3) is 3.76. The molecule has 0 radical (unpaired) electrons. The highest BCUT2D eigenvalue weighted by atomic mass is 15.1. The van der Waals surface area contributed by atoms with Crippen LogP contribution in [0.15, 0.2) is 0 Å². The van der Waals surface area contributed by atoms with E-state index >= 15 is 0 Å². The molecule has 90 valence electrons. The van der Waals surface area contributed by atoms with Crippen LogP contribution < -0.4 is 5.73 Å². The Morgan fingerprint density at radius 2 is 1.80 bits per heavy atom. The van der Waals surface area contributed by atoms with Gasteiger partial charge in [-0.2, -0.15) is 0 Å². The van der Waals surface area contributed by atoms with E-state index in [1.807, 2.05) is 0 Å². The van der Waals surface area contributed by atoms with E-state index in [1.54, 1.807) is 0 Å². The Balaban J connectivity index is 2.46. The van der Waals surface area contributed by atoms with Crippen LogP contribution in [0.1, 0.15) is 46.5 Å². The van der Waals surface area contributed by atoms with Crippen molar-refractivity contribution in [3.63, 3.8) is 0 Å². The van der Waals surface area contributed by atoms with Crippen LogP contribution in [0.5, 0.6) is 0 Å². The summed E-state index contributed by atoms with van der Waals surface area (Å²) in [5.74, 6) is 1.64. The van der Waals surface area contributed by atoms with Crippen LogP contribution in [-0.4, -0.2) is 30.6 Å². The van der Waals surface area contributed by atoms with Gasteiger partial charge in [-0.3, -0.25) is 0 Å². The van der Waals surface area contributed by atoms with Crippen LogP contribution >= 0.6 is 0 Å². The molecule has 0 saturated heterocycles. The molecule has 1 rings (SSSR count). The van der Waals surface area contributed by atoms with E-state index in [9.17, 15) is 0 Å². The number of hydrogen-bond acceptors (Lipinski definition) is 2. The summed E-state index contributed by atoms with van der Waals surface area (Å²) in [6, 6.07) is 0.676. The predicted octanol–water partition coefficient (Wildman–Crippen LogP) is 2.48. The van der Waals surface area contributed by atoms with E-state index in [-0.39, 0.29) is 0 Å². The second-order valence-corrected chi connectivity index (χ2v) is 5.22. The van der Waals surface area contributed by atoms with Gasteiger partial charge < -0.3 is 10.6 Å². The Labute approximate surface area is 95.2 Å². The molecule has 1 aliphatic carbocycles. The molecule has 0 aromatic heterocycles. The maximum Gasteiger partial charge on any atom is 0.00385 e. The standard InChI is InChI=1S/C13H28N2/c1-4-15(11(2)3)10-13-8-6-5-7-12(13)9-14/h11-13H,4-10,14H2,1-3H3. The summed E-state index contributed by atoms with van der Waals surface area (Å²) >= 11 is 0. The number of nitrogens with two attached hydrogens (primary N) is 1. The molecule has 2 nitrogen and oxygen atoms in total. The normalized spacial score (nSPS) is 27.6. The minimum Gasteiger partial charge on any atom is -0.330 e. The van der Waals surface area contributed by atoms with Crippen molar-refractivity contribution in [2.45, 2.75) is 52.5 Å². The first-order valence-corrected chi connectivity index (χ1v) is 6.63. The van der Waals surface area contributed by atoms with E-state index < -0.39 is 0 Å². The molecule has 0 spiro atoms. The lowest BCUT2D eigenvalue weighted by molar-refractivity contribution is 0.135. The molecule has 0 aromatic carbocycles. The zero-order valence-corrected chi connectivity index (χ0v) is 10.7. The molecule has 0 heterocycles. The molecule has 0 bridgehead atoms. The fraction of sp³-hybridized carbons (Fsp3) is 1.00. The number of rotatable bonds is 5. The van der Waals surface area contributed by atoms with Crippen molar-refractivity contribution in [2.75, 3.05) is 19.6 Å². The lowest BCUT2D eigenvalue weighted by Gasteiger charge is -2.36. The Hall–Kier alpha value is -0.0800. The first-order valence-electron chi connectivity index (χ1n) is 6.63. The van der Waals surface area contributed by atoms with Crippen LogP contribution in [-0.2, 0) is 0 Å². The molecule has 2 atom stereocenters. The van der Waals surface area contributed by atoms with Gasteiger partial charge in [-0.25, -0.2) is 0 Å². The Bertz CT molecular complexity index is 168. The largest absolute Gasteiger partial charge is 0.330 e. The van der Waals surface area contributed by atoms with E-state index in [0.717, 1.165) is 18.4 Å². The minimum absolute atomic E-state index is 0.676. The summed E-state index contributed by atoms with van der Waals surface area (Å²) in [6.07, 6.45) is 5.56. The predicted molar refractivity (Wildman–Crippen MR) is 66.9 cm³/mol. The number of hydrogen-bond donors (Lipinski definition) is 1. The van der Waals surface area contributed by atoms with Gasteiger partial charge in [0.25, 0.3) is 0 Å². The van der Waals surface area contributed by atoms with Crippen molar-refractivity contribution in [1.82, 2.24) is 4.90 Å². The minimum atomic E-state index is 0.676. The van der Waals surface area contributed by atoms with Gasteiger partial charge in [0.1, 0.15) is 0 Å². The average molecular weight is 212 g/mol. The highest BCUT2D eigenvalue weighted by Crippen LogP contribution is 2.30. The summed E-state index contributed by atoms with van der Waals surface area (Å²) in [5.41, 5.74) is 5.87. The second-order valence-electron chi connectivity index (χ2n) is 5.22. The third-order valence-electron chi connectivity index (χ3n) is 3.97. The average Bonchev–Trinajstić information content (AvgIpc) is 2.25. The van der Waals surface area contributed by atoms with Crippen molar-refractivity contribution in [3.8, 4) is 0 Å². The maximum absolute atomic E-state index is 5.87. The molecule has 0 aromatic rings. The summed E-state index contributed by atoms with van der Waals surface area (Å²) in [4.78, 5) is 2.58. The van der Waals surface area contributed by atoms with Gasteiger partial charge in [-0.1, -0.05) is 19.8 Å². The van der Waals surface area contributed by atoms with Gasteiger partial charge in [-0.15, -0.1) is 0 Å². The molecule has 1 saturated carbocycles. The van der Waals surface area contributed by atoms with E-state index in [1.165, 1.54) is 38.8 Å². The Kier molecular flexibility index (Phi) is 5.62. The summed E-state index contributed by atoms with van der Waals surface area (Å²) < 4.78 is 0. The summed E-state index contributed by atoms with van der Waals surface area (Å²) in [6.45, 7) is 10.2. The highest BCUT2D eigenvalue weighted by molar-refractivity contribution is 4.79. The zero-order chi connectivity index (χ0) is 11.3. The molecular weight excluding hydrogens is 184 g/mol. The molecule has 2 N–H and O–H groups in total. The molecule has 2 unspecified atom stereocenters. The molecule has 2 heteroatoms. The first kappa shape index (κ1) is 13.0. The number of nitrogens with zero attached hydrogens (tertiary/aromatic N) is 1. The van der Waals surface area contributed by atoms with Crippen molar-refractivity contribution in [1.29, 1.82) is 0 Å². The summed E-state index contributed by atoms with van der Waals surface area (Å²) in [7, 11) is 0. The van der Waals surface area contributed by atoms with Gasteiger partial charge in [0.2, 0.25) is 0 Å². The monoisotopic (exact) mass is 212 g/mol. The Morgan fingerprint density at radius 1 is 1.20 bits per heavy atom. The van der Waals surface area contributed by atoms with Gasteiger partial charge in [0, 0.05) is 12.6 Å². The van der Waals surface area contributed by atoms with Crippen molar-refractivity contribution >= 4 is 0 Å².